The molecule has 0 heterocycles. The lowest BCUT2D eigenvalue weighted by atomic mass is 10.3. The summed E-state index contributed by atoms with van der Waals surface area (Å²) in [5, 5.41) is 21.7. The van der Waals surface area contributed by atoms with Crippen molar-refractivity contribution in [2.75, 3.05) is 26.2 Å². The number of aliphatic hydroxyl groups excluding tert-OH is 2. The first-order valence-electron chi connectivity index (χ1n) is 6.40. The zero-order valence-corrected chi connectivity index (χ0v) is 10.5. The molecule has 96 valence electrons. The fourth-order valence-electron chi connectivity index (χ4n) is 1.92. The van der Waals surface area contributed by atoms with E-state index in [-0.39, 0.29) is 12.2 Å². The molecule has 0 radical (unpaired) electrons. The predicted molar refractivity (Wildman–Crippen MR) is 65.4 cm³/mol. The van der Waals surface area contributed by atoms with E-state index in [9.17, 15) is 5.11 Å². The SMILES string of the molecule is CC(O)CNCCCN(CC(C)O)C1CC1. The Morgan fingerprint density at radius 2 is 1.94 bits per heavy atom. The summed E-state index contributed by atoms with van der Waals surface area (Å²) >= 11 is 0. The third kappa shape index (κ3) is 6.43. The Morgan fingerprint density at radius 1 is 1.25 bits per heavy atom. The summed E-state index contributed by atoms with van der Waals surface area (Å²) in [6, 6.07) is 0.714. The van der Waals surface area contributed by atoms with Crippen LogP contribution in [0.25, 0.3) is 0 Å². The second kappa shape index (κ2) is 7.22. The molecule has 0 aromatic carbocycles. The van der Waals surface area contributed by atoms with E-state index in [4.69, 9.17) is 5.11 Å². The largest absolute Gasteiger partial charge is 0.392 e. The van der Waals surface area contributed by atoms with E-state index in [2.05, 4.69) is 10.2 Å². The Balaban J connectivity index is 2.03. The molecule has 1 fully saturated rings. The third-order valence-corrected chi connectivity index (χ3v) is 2.80. The molecule has 1 rings (SSSR count). The van der Waals surface area contributed by atoms with E-state index < -0.39 is 0 Å². The minimum absolute atomic E-state index is 0.231. The summed E-state index contributed by atoms with van der Waals surface area (Å²) in [6.07, 6.45) is 3.15. The van der Waals surface area contributed by atoms with Crippen LogP contribution in [0.15, 0.2) is 0 Å². The maximum absolute atomic E-state index is 9.38. The van der Waals surface area contributed by atoms with Crippen LogP contribution < -0.4 is 5.32 Å². The molecule has 2 atom stereocenters. The van der Waals surface area contributed by atoms with Crippen molar-refractivity contribution < 1.29 is 10.2 Å². The van der Waals surface area contributed by atoms with Gasteiger partial charge in [0.15, 0.2) is 0 Å². The van der Waals surface area contributed by atoms with Crippen molar-refractivity contribution >= 4 is 0 Å². The van der Waals surface area contributed by atoms with E-state index in [1.807, 2.05) is 6.92 Å². The highest BCUT2D eigenvalue weighted by Gasteiger charge is 2.28. The van der Waals surface area contributed by atoms with Crippen LogP contribution >= 0.6 is 0 Å². The van der Waals surface area contributed by atoms with Crippen LogP contribution in [-0.2, 0) is 0 Å². The van der Waals surface area contributed by atoms with E-state index in [1.165, 1.54) is 12.8 Å². The lowest BCUT2D eigenvalue weighted by Gasteiger charge is -2.23. The number of rotatable bonds is 9. The predicted octanol–water partition coefficient (Wildman–Crippen LogP) is 0.192. The number of nitrogens with one attached hydrogen (secondary N) is 1. The van der Waals surface area contributed by atoms with Crippen LogP contribution in [0, 0.1) is 0 Å². The molecule has 0 bridgehead atoms. The molecule has 0 amide bonds. The first kappa shape index (κ1) is 13.9. The van der Waals surface area contributed by atoms with Gasteiger partial charge in [-0.3, -0.25) is 4.90 Å². The van der Waals surface area contributed by atoms with Crippen molar-refractivity contribution in [3.8, 4) is 0 Å². The quantitative estimate of drug-likeness (QED) is 0.495. The molecule has 1 saturated carbocycles. The van der Waals surface area contributed by atoms with Crippen molar-refractivity contribution in [1.82, 2.24) is 10.2 Å². The minimum atomic E-state index is -0.267. The molecule has 2 unspecified atom stereocenters. The van der Waals surface area contributed by atoms with Gasteiger partial charge in [0.05, 0.1) is 12.2 Å². The highest BCUT2D eigenvalue weighted by atomic mass is 16.3. The van der Waals surface area contributed by atoms with Gasteiger partial charge in [-0.2, -0.15) is 0 Å². The van der Waals surface area contributed by atoms with Gasteiger partial charge in [-0.05, 0) is 46.2 Å². The first-order chi connectivity index (χ1) is 7.59. The van der Waals surface area contributed by atoms with Gasteiger partial charge >= 0.3 is 0 Å². The van der Waals surface area contributed by atoms with Crippen molar-refractivity contribution in [2.45, 2.75) is 51.4 Å². The Bertz CT molecular complexity index is 182. The van der Waals surface area contributed by atoms with Gasteiger partial charge in [-0.1, -0.05) is 0 Å². The fourth-order valence-corrected chi connectivity index (χ4v) is 1.92. The molecule has 4 heteroatoms. The second-order valence-electron chi connectivity index (χ2n) is 4.98. The molecule has 1 aliphatic rings. The maximum Gasteiger partial charge on any atom is 0.0639 e. The van der Waals surface area contributed by atoms with Crippen molar-refractivity contribution in [3.05, 3.63) is 0 Å². The smallest absolute Gasteiger partial charge is 0.0639 e. The molecule has 0 spiro atoms. The minimum Gasteiger partial charge on any atom is -0.392 e. The van der Waals surface area contributed by atoms with Crippen LogP contribution in [0.2, 0.25) is 0 Å². The second-order valence-corrected chi connectivity index (χ2v) is 4.98. The zero-order valence-electron chi connectivity index (χ0n) is 10.5. The Hall–Kier alpha value is -0.160. The summed E-state index contributed by atoms with van der Waals surface area (Å²) in [6.45, 7) is 7.08. The molecule has 4 nitrogen and oxygen atoms in total. The Morgan fingerprint density at radius 3 is 2.44 bits per heavy atom. The molecule has 3 N–H and O–H groups in total. The third-order valence-electron chi connectivity index (χ3n) is 2.80. The summed E-state index contributed by atoms with van der Waals surface area (Å²) in [5.41, 5.74) is 0. The van der Waals surface area contributed by atoms with Crippen LogP contribution in [0.3, 0.4) is 0 Å². The van der Waals surface area contributed by atoms with Gasteiger partial charge in [-0.25, -0.2) is 0 Å². The van der Waals surface area contributed by atoms with E-state index in [1.54, 1.807) is 6.92 Å². The summed E-state index contributed by atoms with van der Waals surface area (Å²) in [7, 11) is 0. The fraction of sp³-hybridized carbons (Fsp3) is 1.00. The van der Waals surface area contributed by atoms with Gasteiger partial charge in [0.2, 0.25) is 0 Å². The van der Waals surface area contributed by atoms with Gasteiger partial charge in [0.1, 0.15) is 0 Å². The average molecular weight is 230 g/mol. The number of nitrogens with zero attached hydrogens (tertiary/aromatic N) is 1. The summed E-state index contributed by atoms with van der Waals surface area (Å²) in [5.74, 6) is 0. The number of hydrogen-bond acceptors (Lipinski definition) is 4. The van der Waals surface area contributed by atoms with Crippen LogP contribution in [0.1, 0.15) is 33.1 Å². The summed E-state index contributed by atoms with van der Waals surface area (Å²) < 4.78 is 0. The van der Waals surface area contributed by atoms with E-state index in [0.717, 1.165) is 26.1 Å². The highest BCUT2D eigenvalue weighted by molar-refractivity contribution is 4.85. The molecule has 0 aliphatic heterocycles. The van der Waals surface area contributed by atoms with Gasteiger partial charge < -0.3 is 15.5 Å². The van der Waals surface area contributed by atoms with E-state index in [0.29, 0.717) is 12.6 Å². The van der Waals surface area contributed by atoms with Gasteiger partial charge in [-0.15, -0.1) is 0 Å². The first-order valence-corrected chi connectivity index (χ1v) is 6.40. The Kier molecular flexibility index (Phi) is 6.28. The van der Waals surface area contributed by atoms with Crippen molar-refractivity contribution in [3.63, 3.8) is 0 Å². The normalized spacial score (nSPS) is 20.1. The van der Waals surface area contributed by atoms with Crippen LogP contribution in [0.4, 0.5) is 0 Å². The average Bonchev–Trinajstić information content (AvgIpc) is 2.97. The van der Waals surface area contributed by atoms with Gasteiger partial charge in [0, 0.05) is 19.1 Å². The molecule has 0 saturated heterocycles. The Labute approximate surface area is 98.6 Å². The van der Waals surface area contributed by atoms with Gasteiger partial charge in [0.25, 0.3) is 0 Å². The van der Waals surface area contributed by atoms with Crippen LogP contribution in [-0.4, -0.2) is 59.5 Å². The molecular weight excluding hydrogens is 204 g/mol. The molecule has 0 aromatic rings. The lowest BCUT2D eigenvalue weighted by Crippen LogP contribution is -2.35. The number of aliphatic hydroxyl groups is 2. The molecule has 1 aliphatic carbocycles. The highest BCUT2D eigenvalue weighted by Crippen LogP contribution is 2.26. The van der Waals surface area contributed by atoms with Crippen LogP contribution in [0.5, 0.6) is 0 Å². The zero-order chi connectivity index (χ0) is 12.0. The molecular formula is C12H26N2O2. The topological polar surface area (TPSA) is 55.7 Å². The molecule has 16 heavy (non-hydrogen) atoms. The van der Waals surface area contributed by atoms with E-state index >= 15 is 0 Å². The maximum atomic E-state index is 9.38. The molecule has 0 aromatic heterocycles. The number of hydrogen-bond donors (Lipinski definition) is 3. The van der Waals surface area contributed by atoms with Crippen molar-refractivity contribution in [2.24, 2.45) is 0 Å². The lowest BCUT2D eigenvalue weighted by molar-refractivity contribution is 0.120. The summed E-state index contributed by atoms with van der Waals surface area (Å²) in [4.78, 5) is 2.38. The monoisotopic (exact) mass is 230 g/mol. The standard InChI is InChI=1S/C12H26N2O2/c1-10(15)8-13-6-3-7-14(9-11(2)16)12-4-5-12/h10-13,15-16H,3-9H2,1-2H3. The van der Waals surface area contributed by atoms with Crippen molar-refractivity contribution in [1.29, 1.82) is 0 Å².